The summed E-state index contributed by atoms with van der Waals surface area (Å²) in [6.07, 6.45) is 0. The predicted octanol–water partition coefficient (Wildman–Crippen LogP) is 3.96. The number of nitrogens with one attached hydrogen (secondary N) is 1. The molecule has 0 aliphatic heterocycles. The largest absolute Gasteiger partial charge is 0.490 e. The van der Waals surface area contributed by atoms with E-state index >= 15 is 0 Å². The molecular formula is C18H22Cl2FNO3. The molecule has 0 atom stereocenters. The molecule has 25 heavy (non-hydrogen) atoms. The van der Waals surface area contributed by atoms with Gasteiger partial charge >= 0.3 is 0 Å². The fraction of sp³-hybridized carbons (Fsp3) is 0.333. The molecule has 0 unspecified atom stereocenters. The zero-order valence-corrected chi connectivity index (χ0v) is 15.5. The summed E-state index contributed by atoms with van der Waals surface area (Å²) in [5.74, 6) is 0.744. The molecule has 138 valence electrons. The van der Waals surface area contributed by atoms with Gasteiger partial charge in [0.2, 0.25) is 0 Å². The number of halogens is 3. The van der Waals surface area contributed by atoms with E-state index in [1.165, 1.54) is 12.1 Å². The Balaban J connectivity index is 0.00000312. The van der Waals surface area contributed by atoms with Crippen molar-refractivity contribution in [1.82, 2.24) is 5.32 Å². The monoisotopic (exact) mass is 389 g/mol. The number of hydrogen-bond acceptors (Lipinski definition) is 4. The highest BCUT2D eigenvalue weighted by Crippen LogP contribution is 2.37. The second kappa shape index (κ2) is 11.2. The van der Waals surface area contributed by atoms with Crippen LogP contribution in [0.25, 0.3) is 0 Å². The lowest BCUT2D eigenvalue weighted by Gasteiger charge is -2.15. The third kappa shape index (κ3) is 6.71. The standard InChI is InChI=1S/C18H21ClFNO3.ClH/c1-2-23-17-10-14(11-21-7-8-22)9-16(19)18(17)24-12-13-3-5-15(20)6-4-13;/h3-6,9-10,21-22H,2,7-8,11-12H2,1H3;1H. The molecule has 0 spiro atoms. The lowest BCUT2D eigenvalue weighted by atomic mass is 10.2. The molecular weight excluding hydrogens is 368 g/mol. The van der Waals surface area contributed by atoms with Crippen molar-refractivity contribution in [2.24, 2.45) is 0 Å². The van der Waals surface area contributed by atoms with E-state index in [-0.39, 0.29) is 31.4 Å². The highest BCUT2D eigenvalue weighted by Gasteiger charge is 2.13. The summed E-state index contributed by atoms with van der Waals surface area (Å²) >= 11 is 6.33. The van der Waals surface area contributed by atoms with Gasteiger partial charge in [0.25, 0.3) is 0 Å². The summed E-state index contributed by atoms with van der Waals surface area (Å²) in [4.78, 5) is 0. The van der Waals surface area contributed by atoms with Gasteiger partial charge in [-0.1, -0.05) is 23.7 Å². The van der Waals surface area contributed by atoms with E-state index in [0.717, 1.165) is 11.1 Å². The van der Waals surface area contributed by atoms with Crippen LogP contribution in [0.4, 0.5) is 4.39 Å². The van der Waals surface area contributed by atoms with Gasteiger partial charge < -0.3 is 19.9 Å². The molecule has 0 bridgehead atoms. The van der Waals surface area contributed by atoms with Crippen LogP contribution in [0, 0.1) is 5.82 Å². The highest BCUT2D eigenvalue weighted by molar-refractivity contribution is 6.32. The second-order valence-corrected chi connectivity index (χ2v) is 5.56. The van der Waals surface area contributed by atoms with Gasteiger partial charge in [0, 0.05) is 13.1 Å². The van der Waals surface area contributed by atoms with E-state index in [0.29, 0.717) is 36.2 Å². The van der Waals surface area contributed by atoms with Crippen LogP contribution in [-0.2, 0) is 13.2 Å². The number of benzene rings is 2. The molecule has 2 aromatic carbocycles. The lowest BCUT2D eigenvalue weighted by Crippen LogP contribution is -2.17. The van der Waals surface area contributed by atoms with Gasteiger partial charge in [0.1, 0.15) is 12.4 Å². The van der Waals surface area contributed by atoms with E-state index in [4.69, 9.17) is 26.2 Å². The van der Waals surface area contributed by atoms with Crippen molar-refractivity contribution in [2.45, 2.75) is 20.1 Å². The average molecular weight is 390 g/mol. The molecule has 7 heteroatoms. The van der Waals surface area contributed by atoms with Gasteiger partial charge in [-0.15, -0.1) is 12.4 Å². The molecule has 0 aliphatic rings. The van der Waals surface area contributed by atoms with Crippen LogP contribution in [0.3, 0.4) is 0 Å². The third-order valence-corrected chi connectivity index (χ3v) is 3.56. The fourth-order valence-electron chi connectivity index (χ4n) is 2.17. The SMILES string of the molecule is CCOc1cc(CNCCO)cc(Cl)c1OCc1ccc(F)cc1.Cl. The van der Waals surface area contributed by atoms with Gasteiger partial charge in [-0.3, -0.25) is 0 Å². The van der Waals surface area contributed by atoms with Crippen LogP contribution in [0.5, 0.6) is 11.5 Å². The van der Waals surface area contributed by atoms with Crippen molar-refractivity contribution >= 4 is 24.0 Å². The van der Waals surface area contributed by atoms with Gasteiger partial charge in [-0.05, 0) is 42.3 Å². The Morgan fingerprint density at radius 2 is 1.84 bits per heavy atom. The minimum atomic E-state index is -0.286. The summed E-state index contributed by atoms with van der Waals surface area (Å²) in [5, 5.41) is 12.4. The Labute approximate surface area is 158 Å². The summed E-state index contributed by atoms with van der Waals surface area (Å²) in [5.41, 5.74) is 1.77. The predicted molar refractivity (Wildman–Crippen MR) is 99.4 cm³/mol. The average Bonchev–Trinajstić information content (AvgIpc) is 2.56. The molecule has 0 heterocycles. The first-order valence-electron chi connectivity index (χ1n) is 7.78. The minimum Gasteiger partial charge on any atom is -0.490 e. The van der Waals surface area contributed by atoms with E-state index in [9.17, 15) is 4.39 Å². The van der Waals surface area contributed by atoms with Crippen molar-refractivity contribution in [3.8, 4) is 11.5 Å². The van der Waals surface area contributed by atoms with Crippen LogP contribution in [0.1, 0.15) is 18.1 Å². The van der Waals surface area contributed by atoms with Gasteiger partial charge in [0.05, 0.1) is 18.2 Å². The van der Waals surface area contributed by atoms with E-state index < -0.39 is 0 Å². The second-order valence-electron chi connectivity index (χ2n) is 5.15. The summed E-state index contributed by atoms with van der Waals surface area (Å²) in [6.45, 7) is 3.78. The zero-order chi connectivity index (χ0) is 17.4. The number of hydrogen-bond donors (Lipinski definition) is 2. The van der Waals surface area contributed by atoms with Crippen molar-refractivity contribution in [2.75, 3.05) is 19.8 Å². The number of aliphatic hydroxyl groups is 1. The number of aliphatic hydroxyl groups excluding tert-OH is 1. The van der Waals surface area contributed by atoms with Crippen LogP contribution in [0.15, 0.2) is 36.4 Å². The topological polar surface area (TPSA) is 50.7 Å². The Kier molecular flexibility index (Phi) is 9.60. The quantitative estimate of drug-likeness (QED) is 0.637. The molecule has 2 N–H and O–H groups in total. The zero-order valence-electron chi connectivity index (χ0n) is 13.9. The first-order valence-corrected chi connectivity index (χ1v) is 8.16. The van der Waals surface area contributed by atoms with Gasteiger partial charge in [-0.2, -0.15) is 0 Å². The smallest absolute Gasteiger partial charge is 0.180 e. The molecule has 0 saturated heterocycles. The lowest BCUT2D eigenvalue weighted by molar-refractivity contribution is 0.269. The van der Waals surface area contributed by atoms with Crippen LogP contribution >= 0.6 is 24.0 Å². The van der Waals surface area contributed by atoms with Crippen molar-refractivity contribution < 1.29 is 19.0 Å². The van der Waals surface area contributed by atoms with Crippen molar-refractivity contribution in [3.05, 3.63) is 58.4 Å². The molecule has 0 amide bonds. The van der Waals surface area contributed by atoms with Crippen LogP contribution in [0.2, 0.25) is 5.02 Å². The summed E-state index contributed by atoms with van der Waals surface area (Å²) in [6, 6.07) is 9.76. The van der Waals surface area contributed by atoms with Crippen molar-refractivity contribution in [1.29, 1.82) is 0 Å². The molecule has 2 aromatic rings. The summed E-state index contributed by atoms with van der Waals surface area (Å²) < 4.78 is 24.4. The molecule has 4 nitrogen and oxygen atoms in total. The van der Waals surface area contributed by atoms with Gasteiger partial charge in [0.15, 0.2) is 11.5 Å². The van der Waals surface area contributed by atoms with Gasteiger partial charge in [-0.25, -0.2) is 4.39 Å². The molecule has 0 aliphatic carbocycles. The van der Waals surface area contributed by atoms with Crippen LogP contribution in [-0.4, -0.2) is 24.9 Å². The molecule has 0 fully saturated rings. The Bertz CT molecular complexity index is 654. The highest BCUT2D eigenvalue weighted by atomic mass is 35.5. The van der Waals surface area contributed by atoms with Crippen LogP contribution < -0.4 is 14.8 Å². The van der Waals surface area contributed by atoms with E-state index in [1.54, 1.807) is 18.2 Å². The Hall–Kier alpha value is -1.53. The molecule has 0 radical (unpaired) electrons. The number of rotatable bonds is 9. The normalized spacial score (nSPS) is 10.2. The molecule has 0 aromatic heterocycles. The third-order valence-electron chi connectivity index (χ3n) is 3.28. The Morgan fingerprint density at radius 1 is 1.12 bits per heavy atom. The maximum absolute atomic E-state index is 12.9. The maximum atomic E-state index is 12.9. The van der Waals surface area contributed by atoms with Crippen molar-refractivity contribution in [3.63, 3.8) is 0 Å². The molecule has 0 saturated carbocycles. The summed E-state index contributed by atoms with van der Waals surface area (Å²) in [7, 11) is 0. The van der Waals surface area contributed by atoms with E-state index in [2.05, 4.69) is 5.32 Å². The first-order chi connectivity index (χ1) is 11.6. The molecule has 2 rings (SSSR count). The minimum absolute atomic E-state index is 0. The Morgan fingerprint density at radius 3 is 2.48 bits per heavy atom. The van der Waals surface area contributed by atoms with E-state index in [1.807, 2.05) is 13.0 Å². The fourth-order valence-corrected chi connectivity index (χ4v) is 2.46. The maximum Gasteiger partial charge on any atom is 0.180 e. The number of ether oxygens (including phenoxy) is 2. The first kappa shape index (κ1) is 21.5.